The van der Waals surface area contributed by atoms with Crippen LogP contribution in [0.15, 0.2) is 22.2 Å². The Bertz CT molecular complexity index is 166. The van der Waals surface area contributed by atoms with Crippen molar-refractivity contribution >= 4 is 23.2 Å². The number of hydrogen-bond donors (Lipinski definition) is 0. The van der Waals surface area contributed by atoms with E-state index in [0.717, 1.165) is 10.1 Å². The van der Waals surface area contributed by atoms with Gasteiger partial charge in [-0.1, -0.05) is 50.9 Å². The molecule has 0 atom stereocenters. The van der Waals surface area contributed by atoms with E-state index in [4.69, 9.17) is 23.2 Å². The van der Waals surface area contributed by atoms with E-state index in [0.29, 0.717) is 11.8 Å². The summed E-state index contributed by atoms with van der Waals surface area (Å²) in [4.78, 5) is 0. The number of allylic oxidation sites excluding steroid dienone is 4. The summed E-state index contributed by atoms with van der Waals surface area (Å²) >= 11 is 11.8. The van der Waals surface area contributed by atoms with E-state index in [1.54, 1.807) is 0 Å². The van der Waals surface area contributed by atoms with Crippen LogP contribution in [0.4, 0.5) is 0 Å². The number of halogens is 2. The summed E-state index contributed by atoms with van der Waals surface area (Å²) in [5.74, 6) is 0.749. The van der Waals surface area contributed by atoms with Crippen LogP contribution in [0.2, 0.25) is 0 Å². The van der Waals surface area contributed by atoms with Crippen molar-refractivity contribution in [3.05, 3.63) is 22.2 Å². The minimum absolute atomic E-state index is 0.375. The zero-order valence-corrected chi connectivity index (χ0v) is 9.58. The molecule has 0 rings (SSSR count). The standard InChI is InChI=1S/C10H16Cl2/c1-7(2)9(11)5-6-10(12)8(3)4/h5-8H,1-4H3/b9-5-,10-6-. The Labute approximate surface area is 85.3 Å². The highest BCUT2D eigenvalue weighted by Crippen LogP contribution is 2.18. The fourth-order valence-corrected chi connectivity index (χ4v) is 0.670. The Morgan fingerprint density at radius 3 is 1.25 bits per heavy atom. The molecule has 0 aliphatic rings. The lowest BCUT2D eigenvalue weighted by Gasteiger charge is -2.02. The van der Waals surface area contributed by atoms with Crippen LogP contribution >= 0.6 is 23.2 Å². The van der Waals surface area contributed by atoms with E-state index >= 15 is 0 Å². The SMILES string of the molecule is CC(C)/C(Cl)=C/C=C(\Cl)C(C)C. The summed E-state index contributed by atoms with van der Waals surface area (Å²) in [6.45, 7) is 8.21. The van der Waals surface area contributed by atoms with Crippen LogP contribution in [0.5, 0.6) is 0 Å². The van der Waals surface area contributed by atoms with Crippen LogP contribution in [0.3, 0.4) is 0 Å². The van der Waals surface area contributed by atoms with Gasteiger partial charge in [0.15, 0.2) is 0 Å². The zero-order chi connectivity index (χ0) is 9.72. The maximum absolute atomic E-state index is 5.92. The Morgan fingerprint density at radius 1 is 0.833 bits per heavy atom. The fourth-order valence-electron chi connectivity index (χ4n) is 0.544. The largest absolute Gasteiger partial charge is 0.0889 e. The first kappa shape index (κ1) is 12.1. The van der Waals surface area contributed by atoms with Gasteiger partial charge in [0.05, 0.1) is 0 Å². The van der Waals surface area contributed by atoms with Crippen molar-refractivity contribution in [2.75, 3.05) is 0 Å². The van der Waals surface area contributed by atoms with Crippen LogP contribution in [0.25, 0.3) is 0 Å². The van der Waals surface area contributed by atoms with Crippen LogP contribution in [0, 0.1) is 11.8 Å². The molecule has 0 unspecified atom stereocenters. The molecule has 0 N–H and O–H groups in total. The molecule has 0 saturated carbocycles. The second-order valence-electron chi connectivity index (χ2n) is 3.41. The zero-order valence-electron chi connectivity index (χ0n) is 8.07. The number of rotatable bonds is 3. The van der Waals surface area contributed by atoms with Gasteiger partial charge in [0.1, 0.15) is 0 Å². The first-order valence-corrected chi connectivity index (χ1v) is 4.93. The highest BCUT2D eigenvalue weighted by atomic mass is 35.5. The summed E-state index contributed by atoms with van der Waals surface area (Å²) < 4.78 is 0. The van der Waals surface area contributed by atoms with E-state index in [1.807, 2.05) is 12.2 Å². The van der Waals surface area contributed by atoms with Crippen LogP contribution < -0.4 is 0 Å². The van der Waals surface area contributed by atoms with E-state index in [2.05, 4.69) is 27.7 Å². The van der Waals surface area contributed by atoms with Gasteiger partial charge in [-0.2, -0.15) is 0 Å². The third-order valence-electron chi connectivity index (χ3n) is 1.50. The highest BCUT2D eigenvalue weighted by Gasteiger charge is 1.99. The number of hydrogen-bond acceptors (Lipinski definition) is 0. The average Bonchev–Trinajstić information content (AvgIpc) is 1.98. The summed E-state index contributed by atoms with van der Waals surface area (Å²) in [6, 6.07) is 0. The summed E-state index contributed by atoms with van der Waals surface area (Å²) in [5, 5.41) is 1.68. The molecule has 0 nitrogen and oxygen atoms in total. The van der Waals surface area contributed by atoms with Crippen molar-refractivity contribution < 1.29 is 0 Å². The lowest BCUT2D eigenvalue weighted by Crippen LogP contribution is -1.87. The molecule has 0 amide bonds. The summed E-state index contributed by atoms with van der Waals surface area (Å²) in [7, 11) is 0. The lowest BCUT2D eigenvalue weighted by molar-refractivity contribution is 0.805. The van der Waals surface area contributed by atoms with Crippen molar-refractivity contribution in [2.45, 2.75) is 27.7 Å². The van der Waals surface area contributed by atoms with Crippen molar-refractivity contribution in [3.8, 4) is 0 Å². The Kier molecular flexibility index (Phi) is 5.69. The molecule has 0 aromatic carbocycles. The van der Waals surface area contributed by atoms with Gasteiger partial charge < -0.3 is 0 Å². The molecular weight excluding hydrogens is 191 g/mol. The van der Waals surface area contributed by atoms with Gasteiger partial charge in [0, 0.05) is 10.1 Å². The monoisotopic (exact) mass is 206 g/mol. The van der Waals surface area contributed by atoms with Gasteiger partial charge >= 0.3 is 0 Å². The molecule has 0 aliphatic carbocycles. The molecule has 0 fully saturated rings. The van der Waals surface area contributed by atoms with Crippen molar-refractivity contribution in [1.29, 1.82) is 0 Å². The van der Waals surface area contributed by atoms with Crippen LogP contribution in [-0.4, -0.2) is 0 Å². The fraction of sp³-hybridized carbons (Fsp3) is 0.600. The molecule has 0 aromatic rings. The van der Waals surface area contributed by atoms with E-state index in [1.165, 1.54) is 0 Å². The topological polar surface area (TPSA) is 0 Å². The smallest absolute Gasteiger partial charge is 0.0206 e. The van der Waals surface area contributed by atoms with Crippen molar-refractivity contribution in [1.82, 2.24) is 0 Å². The molecular formula is C10H16Cl2. The van der Waals surface area contributed by atoms with E-state index in [9.17, 15) is 0 Å². The minimum Gasteiger partial charge on any atom is -0.0889 e. The van der Waals surface area contributed by atoms with E-state index in [-0.39, 0.29) is 0 Å². The molecule has 12 heavy (non-hydrogen) atoms. The molecule has 0 radical (unpaired) electrons. The second kappa shape index (κ2) is 5.66. The second-order valence-corrected chi connectivity index (χ2v) is 4.29. The van der Waals surface area contributed by atoms with Crippen molar-refractivity contribution in [2.24, 2.45) is 11.8 Å². The molecule has 0 aromatic heterocycles. The van der Waals surface area contributed by atoms with E-state index < -0.39 is 0 Å². The lowest BCUT2D eigenvalue weighted by atomic mass is 10.1. The summed E-state index contributed by atoms with van der Waals surface area (Å²) in [6.07, 6.45) is 3.74. The maximum Gasteiger partial charge on any atom is 0.0206 e. The van der Waals surface area contributed by atoms with Crippen molar-refractivity contribution in [3.63, 3.8) is 0 Å². The Morgan fingerprint density at radius 2 is 1.08 bits per heavy atom. The molecule has 2 heteroatoms. The Balaban J connectivity index is 4.27. The summed E-state index contributed by atoms with van der Waals surface area (Å²) in [5.41, 5.74) is 0. The molecule has 0 heterocycles. The third-order valence-corrected chi connectivity index (χ3v) is 2.63. The molecule has 70 valence electrons. The molecule has 0 bridgehead atoms. The molecule has 0 aliphatic heterocycles. The maximum atomic E-state index is 5.92. The highest BCUT2D eigenvalue weighted by molar-refractivity contribution is 6.31. The van der Waals surface area contributed by atoms with Gasteiger partial charge in [-0.25, -0.2) is 0 Å². The molecule has 0 saturated heterocycles. The van der Waals surface area contributed by atoms with Gasteiger partial charge in [0.2, 0.25) is 0 Å². The van der Waals surface area contributed by atoms with Gasteiger partial charge in [0.25, 0.3) is 0 Å². The Hall–Kier alpha value is 0.0600. The quantitative estimate of drug-likeness (QED) is 0.596. The third kappa shape index (κ3) is 4.84. The predicted molar refractivity (Wildman–Crippen MR) is 57.5 cm³/mol. The molecule has 0 spiro atoms. The minimum atomic E-state index is 0.375. The van der Waals surface area contributed by atoms with Gasteiger partial charge in [-0.05, 0) is 24.0 Å². The first-order chi connectivity index (χ1) is 5.45. The first-order valence-electron chi connectivity index (χ1n) is 4.18. The normalized spacial score (nSPS) is 14.7. The average molecular weight is 207 g/mol. The van der Waals surface area contributed by atoms with Crippen LogP contribution in [-0.2, 0) is 0 Å². The van der Waals surface area contributed by atoms with Gasteiger partial charge in [-0.15, -0.1) is 0 Å². The van der Waals surface area contributed by atoms with Gasteiger partial charge in [-0.3, -0.25) is 0 Å². The predicted octanol–water partition coefficient (Wildman–Crippen LogP) is 4.54. The van der Waals surface area contributed by atoms with Crippen LogP contribution in [0.1, 0.15) is 27.7 Å².